The minimum atomic E-state index is -2.88. The molecule has 0 atom stereocenters. The summed E-state index contributed by atoms with van der Waals surface area (Å²) in [4.78, 5) is 29.0. The number of amides is 1. The number of alkyl halides is 2. The molecule has 1 aromatic heterocycles. The molecule has 3 aliphatic heterocycles. The Morgan fingerprint density at radius 3 is 2.38 bits per heavy atom. The molecular formula is C34H41BrF2IN5O5. The first kappa shape index (κ1) is 35.1. The lowest BCUT2D eigenvalue weighted by molar-refractivity contribution is -0.0499. The van der Waals surface area contributed by atoms with Gasteiger partial charge in [-0.05, 0) is 116 Å². The molecular weight excluding hydrogens is 803 g/mol. The molecule has 3 fully saturated rings. The number of likely N-dealkylation sites (tertiary alicyclic amines) is 2. The number of halogens is 4. The molecule has 3 saturated heterocycles. The van der Waals surface area contributed by atoms with Crippen LogP contribution >= 0.6 is 38.5 Å². The van der Waals surface area contributed by atoms with Crippen molar-refractivity contribution in [2.75, 3.05) is 51.2 Å². The largest absolute Gasteiger partial charge is 0.485 e. The molecule has 260 valence electrons. The summed E-state index contributed by atoms with van der Waals surface area (Å²) in [6.45, 7) is 7.80. The molecule has 6 rings (SSSR count). The van der Waals surface area contributed by atoms with Crippen LogP contribution in [0.1, 0.15) is 52.0 Å². The second-order valence-electron chi connectivity index (χ2n) is 14.0. The normalized spacial score (nSPS) is 18.7. The van der Waals surface area contributed by atoms with Crippen molar-refractivity contribution in [3.63, 3.8) is 0 Å². The maximum atomic E-state index is 12.6. The summed E-state index contributed by atoms with van der Waals surface area (Å²) in [5.74, 6) is 1.44. The third-order valence-corrected chi connectivity index (χ3v) is 11.5. The molecule has 0 bridgehead atoms. The van der Waals surface area contributed by atoms with Crippen molar-refractivity contribution in [3.05, 3.63) is 43.9 Å². The van der Waals surface area contributed by atoms with Crippen LogP contribution in [0.25, 0.3) is 10.9 Å². The van der Waals surface area contributed by atoms with E-state index in [2.05, 4.69) is 66.2 Å². The van der Waals surface area contributed by atoms with E-state index in [0.717, 1.165) is 76.7 Å². The zero-order chi connectivity index (χ0) is 34.2. The predicted molar refractivity (Wildman–Crippen MR) is 190 cm³/mol. The molecule has 0 aliphatic carbocycles. The fourth-order valence-corrected chi connectivity index (χ4v) is 7.45. The van der Waals surface area contributed by atoms with Crippen molar-refractivity contribution in [1.29, 1.82) is 0 Å². The smallest absolute Gasteiger partial charge is 0.410 e. The van der Waals surface area contributed by atoms with Crippen molar-refractivity contribution < 1.29 is 32.5 Å². The zero-order valence-corrected chi connectivity index (χ0v) is 31.4. The van der Waals surface area contributed by atoms with Crippen LogP contribution in [0, 0.1) is 8.99 Å². The van der Waals surface area contributed by atoms with E-state index >= 15 is 0 Å². The number of hydrogen-bond acceptors (Lipinski definition) is 9. The zero-order valence-electron chi connectivity index (χ0n) is 27.6. The third-order valence-electron chi connectivity index (χ3n) is 9.10. The summed E-state index contributed by atoms with van der Waals surface area (Å²) in [6.07, 6.45) is 3.38. The van der Waals surface area contributed by atoms with E-state index in [1.165, 1.54) is 12.1 Å². The first-order valence-corrected chi connectivity index (χ1v) is 18.1. The Kier molecular flexibility index (Phi) is 10.4. The number of benzene rings is 2. The second kappa shape index (κ2) is 14.3. The summed E-state index contributed by atoms with van der Waals surface area (Å²) in [5.41, 5.74) is 0.976. The number of carbonyl (C=O) groups is 1. The molecule has 1 amide bonds. The van der Waals surface area contributed by atoms with E-state index in [-0.39, 0.29) is 30.0 Å². The van der Waals surface area contributed by atoms with E-state index in [4.69, 9.17) is 24.2 Å². The maximum Gasteiger partial charge on any atom is 0.410 e. The highest BCUT2D eigenvalue weighted by atomic mass is 127. The molecule has 0 N–H and O–H groups in total. The highest BCUT2D eigenvalue weighted by molar-refractivity contribution is 14.1. The van der Waals surface area contributed by atoms with Crippen LogP contribution in [0.4, 0.5) is 19.4 Å². The van der Waals surface area contributed by atoms with Crippen molar-refractivity contribution in [2.45, 2.75) is 71.4 Å². The molecule has 3 aliphatic rings. The lowest BCUT2D eigenvalue weighted by Crippen LogP contribution is -2.62. The van der Waals surface area contributed by atoms with Gasteiger partial charge in [-0.25, -0.2) is 4.79 Å². The van der Waals surface area contributed by atoms with Gasteiger partial charge in [0.2, 0.25) is 0 Å². The number of anilines is 1. The number of carbonyl (C=O) groups excluding carboxylic acids is 1. The molecule has 2 aromatic carbocycles. The molecule has 4 heterocycles. The topological polar surface area (TPSA) is 89.5 Å². The highest BCUT2D eigenvalue weighted by Crippen LogP contribution is 2.45. The molecule has 10 nitrogen and oxygen atoms in total. The predicted octanol–water partition coefficient (Wildman–Crippen LogP) is 7.49. The van der Waals surface area contributed by atoms with Crippen molar-refractivity contribution in [1.82, 2.24) is 19.8 Å². The quantitative estimate of drug-likeness (QED) is 0.214. The lowest BCUT2D eigenvalue weighted by Gasteiger charge is -2.53. The fourth-order valence-electron chi connectivity index (χ4n) is 6.47. The standard InChI is InChI=1S/C34H41BrF2IN5O5/c1-33(2,3)48-32(44)43-19-34(20-43)11-15-42(16-12-34)29-24-17-25(38)26(35)28(45-18-21-5-7-22(8-6-21)46-30(36)37)27(24)39-31(40-29)47-23-9-13-41(4)14-10-23/h5-8,17,23,30H,9-16,18-20H2,1-4H3. The highest BCUT2D eigenvalue weighted by Gasteiger charge is 2.48. The van der Waals surface area contributed by atoms with Gasteiger partial charge >= 0.3 is 18.7 Å². The van der Waals surface area contributed by atoms with Gasteiger partial charge in [0, 0.05) is 53.6 Å². The fraction of sp³-hybridized carbons (Fsp3) is 0.559. The summed E-state index contributed by atoms with van der Waals surface area (Å²) in [7, 11) is 2.11. The summed E-state index contributed by atoms with van der Waals surface area (Å²) in [6, 6.07) is 8.78. The SMILES string of the molecule is CN1CCC(Oc2nc(N3CCC4(CC3)CN(C(=O)OC(C)(C)C)C4)c3cc(I)c(Br)c(OCc4ccc(OC(F)F)cc4)c3n2)CC1. The third kappa shape index (κ3) is 8.18. The first-order chi connectivity index (χ1) is 22.8. The monoisotopic (exact) mass is 843 g/mol. The van der Waals surface area contributed by atoms with Gasteiger partial charge in [-0.2, -0.15) is 18.7 Å². The maximum absolute atomic E-state index is 12.6. The van der Waals surface area contributed by atoms with Crippen molar-refractivity contribution in [2.24, 2.45) is 5.41 Å². The lowest BCUT2D eigenvalue weighted by atomic mass is 9.72. The Morgan fingerprint density at radius 2 is 1.75 bits per heavy atom. The van der Waals surface area contributed by atoms with Crippen LogP contribution in [-0.4, -0.2) is 90.5 Å². The van der Waals surface area contributed by atoms with Crippen LogP contribution in [0.3, 0.4) is 0 Å². The number of nitrogens with zero attached hydrogens (tertiary/aromatic N) is 5. The number of rotatable bonds is 8. The van der Waals surface area contributed by atoms with Gasteiger partial charge in [-0.15, -0.1) is 0 Å². The molecule has 0 radical (unpaired) electrons. The first-order valence-electron chi connectivity index (χ1n) is 16.2. The molecule has 3 aromatic rings. The van der Waals surface area contributed by atoms with Gasteiger partial charge in [-0.3, -0.25) is 0 Å². The Balaban J connectivity index is 1.26. The molecule has 48 heavy (non-hydrogen) atoms. The van der Waals surface area contributed by atoms with Gasteiger partial charge < -0.3 is 33.6 Å². The summed E-state index contributed by atoms with van der Waals surface area (Å²) in [5, 5.41) is 0.856. The Hall–Kier alpha value is -2.72. The second-order valence-corrected chi connectivity index (χ2v) is 15.9. The van der Waals surface area contributed by atoms with E-state index < -0.39 is 12.2 Å². The van der Waals surface area contributed by atoms with E-state index in [0.29, 0.717) is 30.4 Å². The van der Waals surface area contributed by atoms with Gasteiger partial charge in [0.25, 0.3) is 0 Å². The number of piperidine rings is 2. The average molecular weight is 845 g/mol. The molecule has 1 spiro atoms. The van der Waals surface area contributed by atoms with Crippen LogP contribution in [-0.2, 0) is 11.3 Å². The van der Waals surface area contributed by atoms with Crippen molar-refractivity contribution >= 4 is 61.3 Å². The van der Waals surface area contributed by atoms with Gasteiger partial charge in [0.05, 0.1) is 4.47 Å². The van der Waals surface area contributed by atoms with Gasteiger partial charge in [0.1, 0.15) is 35.4 Å². The van der Waals surface area contributed by atoms with Gasteiger partial charge in [-0.1, -0.05) is 12.1 Å². The van der Waals surface area contributed by atoms with E-state index in [1.54, 1.807) is 17.0 Å². The van der Waals surface area contributed by atoms with Crippen LogP contribution in [0.5, 0.6) is 17.5 Å². The number of ether oxygens (including phenoxy) is 4. The summed E-state index contributed by atoms with van der Waals surface area (Å²) < 4.78 is 49.9. The molecule has 14 heteroatoms. The van der Waals surface area contributed by atoms with Crippen LogP contribution < -0.4 is 19.1 Å². The minimum Gasteiger partial charge on any atom is -0.485 e. The Bertz CT molecular complexity index is 1620. The number of fused-ring (bicyclic) bond motifs is 1. The Labute approximate surface area is 301 Å². The minimum absolute atomic E-state index is 0.00979. The van der Waals surface area contributed by atoms with Gasteiger partial charge in [0.15, 0.2) is 5.75 Å². The van der Waals surface area contributed by atoms with Crippen LogP contribution in [0.2, 0.25) is 0 Å². The Morgan fingerprint density at radius 1 is 1.08 bits per heavy atom. The molecule has 0 unspecified atom stereocenters. The number of hydrogen-bond donors (Lipinski definition) is 0. The average Bonchev–Trinajstić information content (AvgIpc) is 3.01. The van der Waals surface area contributed by atoms with Crippen molar-refractivity contribution in [3.8, 4) is 17.5 Å². The molecule has 0 saturated carbocycles. The summed E-state index contributed by atoms with van der Waals surface area (Å²) >= 11 is 6.01. The van der Waals surface area contributed by atoms with E-state index in [1.807, 2.05) is 20.8 Å². The number of aromatic nitrogens is 2. The van der Waals surface area contributed by atoms with E-state index in [9.17, 15) is 13.6 Å². The van der Waals surface area contributed by atoms with Crippen LogP contribution in [0.15, 0.2) is 34.8 Å².